The second-order valence-corrected chi connectivity index (χ2v) is 5.48. The Balaban J connectivity index is 1.85. The molecule has 0 saturated heterocycles. The molecule has 3 aromatic rings. The van der Waals surface area contributed by atoms with E-state index < -0.39 is 11.7 Å². The minimum atomic E-state index is -4.48. The van der Waals surface area contributed by atoms with E-state index in [2.05, 4.69) is 0 Å². The van der Waals surface area contributed by atoms with Crippen molar-refractivity contribution in [2.45, 2.75) is 6.18 Å². The lowest BCUT2D eigenvalue weighted by atomic mass is 10.1. The minimum Gasteiger partial charge on any atom is -0.461 e. The van der Waals surface area contributed by atoms with Gasteiger partial charge in [0.2, 0.25) is 5.78 Å². The lowest BCUT2D eigenvalue weighted by molar-refractivity contribution is -0.137. The molecule has 0 aliphatic heterocycles. The molecule has 0 unspecified atom stereocenters. The number of ketones is 1. The molecule has 0 N–H and O–H groups in total. The van der Waals surface area contributed by atoms with Crippen molar-refractivity contribution in [1.29, 1.82) is 0 Å². The van der Waals surface area contributed by atoms with E-state index in [0.717, 1.165) is 18.2 Å². The third-order valence-electron chi connectivity index (χ3n) is 3.35. The van der Waals surface area contributed by atoms with Gasteiger partial charge in [-0.1, -0.05) is 11.6 Å². The van der Waals surface area contributed by atoms with Crippen LogP contribution >= 0.6 is 11.6 Å². The molecule has 0 amide bonds. The lowest BCUT2D eigenvalue weighted by Crippen LogP contribution is -2.04. The molecule has 128 valence electrons. The quantitative estimate of drug-likeness (QED) is 0.413. The zero-order chi connectivity index (χ0) is 18.0. The number of hydrogen-bond donors (Lipinski definition) is 0. The van der Waals surface area contributed by atoms with Crippen LogP contribution < -0.4 is 0 Å². The third-order valence-corrected chi connectivity index (χ3v) is 3.68. The van der Waals surface area contributed by atoms with Crippen LogP contribution in [0.15, 0.2) is 63.6 Å². The van der Waals surface area contributed by atoms with Gasteiger partial charge < -0.3 is 8.83 Å². The molecule has 0 fully saturated rings. The molecular weight excluding hydrogens is 357 g/mol. The van der Waals surface area contributed by atoms with Gasteiger partial charge in [-0.15, -0.1) is 0 Å². The van der Waals surface area contributed by atoms with Gasteiger partial charge in [0.15, 0.2) is 5.76 Å². The van der Waals surface area contributed by atoms with Gasteiger partial charge in [-0.05, 0) is 54.6 Å². The summed E-state index contributed by atoms with van der Waals surface area (Å²) in [6, 6.07) is 9.10. The summed E-state index contributed by atoms with van der Waals surface area (Å²) < 4.78 is 48.9. The SMILES string of the molecule is O=C(C=Cc1ccc(-c2cc(C(F)(F)F)ccc2Cl)o1)c1ccco1. The highest BCUT2D eigenvalue weighted by molar-refractivity contribution is 6.33. The Hall–Kier alpha value is -2.73. The van der Waals surface area contributed by atoms with Crippen molar-refractivity contribution in [3.63, 3.8) is 0 Å². The predicted molar refractivity (Wildman–Crippen MR) is 86.2 cm³/mol. The molecule has 0 saturated carbocycles. The fourth-order valence-corrected chi connectivity index (χ4v) is 2.35. The first-order valence-electron chi connectivity index (χ1n) is 7.07. The van der Waals surface area contributed by atoms with E-state index in [1.165, 1.54) is 36.6 Å². The van der Waals surface area contributed by atoms with E-state index in [9.17, 15) is 18.0 Å². The first-order valence-corrected chi connectivity index (χ1v) is 7.45. The smallest absolute Gasteiger partial charge is 0.416 e. The summed E-state index contributed by atoms with van der Waals surface area (Å²) >= 11 is 5.97. The summed E-state index contributed by atoms with van der Waals surface area (Å²) in [5.74, 6) is 0.272. The first kappa shape index (κ1) is 17.1. The second kappa shape index (κ2) is 6.64. The molecule has 2 aromatic heterocycles. The molecule has 1 aromatic carbocycles. The van der Waals surface area contributed by atoms with Gasteiger partial charge in [-0.3, -0.25) is 4.79 Å². The summed E-state index contributed by atoms with van der Waals surface area (Å²) in [6.45, 7) is 0. The van der Waals surface area contributed by atoms with Crippen LogP contribution in [0.5, 0.6) is 0 Å². The molecule has 0 aliphatic rings. The summed E-state index contributed by atoms with van der Waals surface area (Å²) in [6.07, 6.45) is -0.461. The van der Waals surface area contributed by atoms with E-state index in [4.69, 9.17) is 20.4 Å². The number of furan rings is 2. The molecule has 3 rings (SSSR count). The van der Waals surface area contributed by atoms with E-state index in [1.807, 2.05) is 0 Å². The van der Waals surface area contributed by atoms with Crippen molar-refractivity contribution in [1.82, 2.24) is 0 Å². The molecular formula is C18H10ClF3O3. The molecule has 0 radical (unpaired) electrons. The molecule has 0 aliphatic carbocycles. The number of rotatable bonds is 4. The lowest BCUT2D eigenvalue weighted by Gasteiger charge is -2.09. The van der Waals surface area contributed by atoms with Gasteiger partial charge in [-0.25, -0.2) is 0 Å². The van der Waals surface area contributed by atoms with Crippen molar-refractivity contribution in [2.24, 2.45) is 0 Å². The van der Waals surface area contributed by atoms with Crippen LogP contribution in [0.4, 0.5) is 13.2 Å². The van der Waals surface area contributed by atoms with E-state index in [1.54, 1.807) is 6.07 Å². The highest BCUT2D eigenvalue weighted by atomic mass is 35.5. The molecule has 0 atom stereocenters. The van der Waals surface area contributed by atoms with E-state index in [0.29, 0.717) is 5.76 Å². The van der Waals surface area contributed by atoms with E-state index >= 15 is 0 Å². The van der Waals surface area contributed by atoms with Crippen LogP contribution in [-0.2, 0) is 6.18 Å². The van der Waals surface area contributed by atoms with E-state index in [-0.39, 0.29) is 27.9 Å². The largest absolute Gasteiger partial charge is 0.461 e. The fourth-order valence-electron chi connectivity index (χ4n) is 2.14. The van der Waals surface area contributed by atoms with Gasteiger partial charge in [-0.2, -0.15) is 13.2 Å². The van der Waals surface area contributed by atoms with Crippen LogP contribution in [0.25, 0.3) is 17.4 Å². The Morgan fingerprint density at radius 2 is 1.92 bits per heavy atom. The summed E-state index contributed by atoms with van der Waals surface area (Å²) in [5, 5.41) is 0.129. The Kier molecular flexibility index (Phi) is 4.55. The fraction of sp³-hybridized carbons (Fsp3) is 0.0556. The average molecular weight is 367 g/mol. The number of benzene rings is 1. The van der Waals surface area contributed by atoms with Gasteiger partial charge >= 0.3 is 6.18 Å². The van der Waals surface area contributed by atoms with Gasteiger partial charge in [0, 0.05) is 5.56 Å². The molecule has 0 spiro atoms. The van der Waals surface area contributed by atoms with Gasteiger partial charge in [0.25, 0.3) is 0 Å². The molecule has 3 nitrogen and oxygen atoms in total. The van der Waals surface area contributed by atoms with Crippen LogP contribution in [0.3, 0.4) is 0 Å². The maximum atomic E-state index is 12.8. The van der Waals surface area contributed by atoms with Gasteiger partial charge in [0.1, 0.15) is 11.5 Å². The molecule has 7 heteroatoms. The van der Waals surface area contributed by atoms with Crippen LogP contribution in [-0.4, -0.2) is 5.78 Å². The second-order valence-electron chi connectivity index (χ2n) is 5.07. The van der Waals surface area contributed by atoms with Crippen molar-refractivity contribution >= 4 is 23.5 Å². The standard InChI is InChI=1S/C18H10ClF3O3/c19-14-6-3-11(18(20,21)22)10-13(14)16-8-5-12(25-16)4-7-15(23)17-2-1-9-24-17/h1-10H. The van der Waals surface area contributed by atoms with Gasteiger partial charge in [0.05, 0.1) is 16.8 Å². The Morgan fingerprint density at radius 1 is 1.12 bits per heavy atom. The summed E-state index contributed by atoms with van der Waals surface area (Å²) in [5.41, 5.74) is -0.707. The Labute approximate surface area is 145 Å². The average Bonchev–Trinajstić information content (AvgIpc) is 3.24. The number of allylic oxidation sites excluding steroid dienone is 1. The number of alkyl halides is 3. The highest BCUT2D eigenvalue weighted by Gasteiger charge is 2.31. The zero-order valence-corrected chi connectivity index (χ0v) is 13.3. The maximum absolute atomic E-state index is 12.8. The third kappa shape index (κ3) is 3.85. The first-order chi connectivity index (χ1) is 11.8. The topological polar surface area (TPSA) is 43.4 Å². The Bertz CT molecular complexity index is 921. The number of halogens is 4. The number of hydrogen-bond acceptors (Lipinski definition) is 3. The van der Waals surface area contributed by atoms with Crippen molar-refractivity contribution in [2.75, 3.05) is 0 Å². The monoisotopic (exact) mass is 366 g/mol. The summed E-state index contributed by atoms with van der Waals surface area (Å²) in [4.78, 5) is 11.8. The highest BCUT2D eigenvalue weighted by Crippen LogP contribution is 2.36. The van der Waals surface area contributed by atoms with Crippen LogP contribution in [0.2, 0.25) is 5.02 Å². The maximum Gasteiger partial charge on any atom is 0.416 e. The summed E-state index contributed by atoms with van der Waals surface area (Å²) in [7, 11) is 0. The number of carbonyl (C=O) groups excluding carboxylic acids is 1. The molecule has 0 bridgehead atoms. The normalized spacial score (nSPS) is 12.0. The minimum absolute atomic E-state index is 0.119. The zero-order valence-electron chi connectivity index (χ0n) is 12.5. The Morgan fingerprint density at radius 3 is 2.60 bits per heavy atom. The number of carbonyl (C=O) groups is 1. The van der Waals surface area contributed by atoms with Crippen LogP contribution in [0, 0.1) is 0 Å². The van der Waals surface area contributed by atoms with Crippen molar-refractivity contribution in [3.05, 3.63) is 76.9 Å². The predicted octanol–water partition coefficient (Wildman–Crippen LogP) is 6.11. The molecule has 25 heavy (non-hydrogen) atoms. The van der Waals surface area contributed by atoms with Crippen LogP contribution in [0.1, 0.15) is 21.9 Å². The van der Waals surface area contributed by atoms with Crippen molar-refractivity contribution < 1.29 is 26.8 Å². The molecule has 2 heterocycles. The van der Waals surface area contributed by atoms with Crippen molar-refractivity contribution in [3.8, 4) is 11.3 Å².